The topological polar surface area (TPSA) is 51.2 Å². The van der Waals surface area contributed by atoms with E-state index in [1.54, 1.807) is 4.90 Å². The maximum Gasteiger partial charge on any atom is 0.410 e. The van der Waals surface area contributed by atoms with Gasteiger partial charge in [0, 0.05) is 45.9 Å². The minimum Gasteiger partial charge on any atom is -0.445 e. The molecule has 1 heterocycles. The first-order valence-electron chi connectivity index (χ1n) is 8.64. The second-order valence-electron chi connectivity index (χ2n) is 5.67. The molecule has 0 unspecified atom stereocenters. The minimum absolute atomic E-state index is 0.198. The number of hydrogen-bond acceptors (Lipinski definition) is 5. The molecule has 0 aliphatic carbocycles. The fourth-order valence-electron chi connectivity index (χ4n) is 2.66. The molecule has 0 aromatic heterocycles. The Morgan fingerprint density at radius 1 is 1.04 bits per heavy atom. The van der Waals surface area contributed by atoms with E-state index < -0.39 is 0 Å². The Labute approximate surface area is 144 Å². The van der Waals surface area contributed by atoms with E-state index in [-0.39, 0.29) is 12.4 Å². The fourth-order valence-corrected chi connectivity index (χ4v) is 2.66. The number of carbonyl (C=O) groups is 1. The molecule has 2 rings (SSSR count). The molecule has 134 valence electrons. The summed E-state index contributed by atoms with van der Waals surface area (Å²) >= 11 is 0. The number of carbonyl (C=O) groups excluding carboxylic acids is 1. The van der Waals surface area contributed by atoms with Crippen LogP contribution >= 0.6 is 0 Å². The normalized spacial score (nSPS) is 15.7. The number of piperazine rings is 1. The molecule has 1 aromatic carbocycles. The SMILES string of the molecule is CCOC(CN1CCN(C(=O)OCc2ccccc2)CC1)OCC. The molecule has 6 nitrogen and oxygen atoms in total. The van der Waals surface area contributed by atoms with Gasteiger partial charge in [0.05, 0.1) is 0 Å². The molecular weight excluding hydrogens is 308 g/mol. The highest BCUT2D eigenvalue weighted by molar-refractivity contribution is 5.67. The van der Waals surface area contributed by atoms with Crippen LogP contribution in [0.15, 0.2) is 30.3 Å². The van der Waals surface area contributed by atoms with Gasteiger partial charge in [0.25, 0.3) is 0 Å². The van der Waals surface area contributed by atoms with E-state index in [9.17, 15) is 4.79 Å². The smallest absolute Gasteiger partial charge is 0.410 e. The van der Waals surface area contributed by atoms with Gasteiger partial charge in [-0.2, -0.15) is 0 Å². The zero-order chi connectivity index (χ0) is 17.2. The molecule has 0 bridgehead atoms. The summed E-state index contributed by atoms with van der Waals surface area (Å²) in [6.07, 6.45) is -0.443. The summed E-state index contributed by atoms with van der Waals surface area (Å²) in [5, 5.41) is 0. The van der Waals surface area contributed by atoms with E-state index in [0.717, 1.165) is 25.2 Å². The Balaban J connectivity index is 1.70. The van der Waals surface area contributed by atoms with E-state index in [1.807, 2.05) is 44.2 Å². The summed E-state index contributed by atoms with van der Waals surface area (Å²) < 4.78 is 16.5. The predicted octanol–water partition coefficient (Wildman–Crippen LogP) is 2.34. The van der Waals surface area contributed by atoms with Crippen molar-refractivity contribution in [3.05, 3.63) is 35.9 Å². The van der Waals surface area contributed by atoms with E-state index in [0.29, 0.717) is 32.9 Å². The zero-order valence-corrected chi connectivity index (χ0v) is 14.6. The first-order valence-corrected chi connectivity index (χ1v) is 8.64. The highest BCUT2D eigenvalue weighted by Crippen LogP contribution is 2.08. The quantitative estimate of drug-likeness (QED) is 0.682. The van der Waals surface area contributed by atoms with Crippen molar-refractivity contribution in [3.63, 3.8) is 0 Å². The number of hydrogen-bond donors (Lipinski definition) is 0. The van der Waals surface area contributed by atoms with Crippen LogP contribution in [-0.2, 0) is 20.8 Å². The van der Waals surface area contributed by atoms with Gasteiger partial charge in [-0.25, -0.2) is 4.79 Å². The van der Waals surface area contributed by atoms with E-state index >= 15 is 0 Å². The molecule has 1 aliphatic heterocycles. The summed E-state index contributed by atoms with van der Waals surface area (Å²) in [4.78, 5) is 16.2. The Morgan fingerprint density at radius 3 is 2.25 bits per heavy atom. The summed E-state index contributed by atoms with van der Waals surface area (Å²) in [6, 6.07) is 9.73. The Morgan fingerprint density at radius 2 is 1.67 bits per heavy atom. The lowest BCUT2D eigenvalue weighted by Crippen LogP contribution is -2.51. The number of nitrogens with zero attached hydrogens (tertiary/aromatic N) is 2. The number of amides is 1. The molecule has 1 saturated heterocycles. The third kappa shape index (κ3) is 6.11. The average molecular weight is 336 g/mol. The molecule has 0 saturated carbocycles. The van der Waals surface area contributed by atoms with Gasteiger partial charge in [-0.1, -0.05) is 30.3 Å². The van der Waals surface area contributed by atoms with Gasteiger partial charge in [-0.05, 0) is 19.4 Å². The maximum atomic E-state index is 12.1. The lowest BCUT2D eigenvalue weighted by Gasteiger charge is -2.35. The molecule has 1 amide bonds. The number of ether oxygens (including phenoxy) is 3. The second kappa shape index (κ2) is 10.3. The first kappa shape index (κ1) is 18.7. The molecule has 1 fully saturated rings. The van der Waals surface area contributed by atoms with Gasteiger partial charge in [-0.15, -0.1) is 0 Å². The third-order valence-corrected chi connectivity index (χ3v) is 3.95. The summed E-state index contributed by atoms with van der Waals surface area (Å²) in [5.74, 6) is 0. The molecule has 0 atom stereocenters. The lowest BCUT2D eigenvalue weighted by atomic mass is 10.2. The van der Waals surface area contributed by atoms with Crippen molar-refractivity contribution in [3.8, 4) is 0 Å². The van der Waals surface area contributed by atoms with Crippen LogP contribution in [0.4, 0.5) is 4.79 Å². The van der Waals surface area contributed by atoms with Crippen molar-refractivity contribution in [1.82, 2.24) is 9.80 Å². The second-order valence-corrected chi connectivity index (χ2v) is 5.67. The van der Waals surface area contributed by atoms with Crippen LogP contribution < -0.4 is 0 Å². The van der Waals surface area contributed by atoms with Crippen molar-refractivity contribution in [2.24, 2.45) is 0 Å². The van der Waals surface area contributed by atoms with Crippen LogP contribution in [0.1, 0.15) is 19.4 Å². The standard InChI is InChI=1S/C18H28N2O4/c1-3-22-17(23-4-2)14-19-10-12-20(13-11-19)18(21)24-15-16-8-6-5-7-9-16/h5-9,17H,3-4,10-15H2,1-2H3. The van der Waals surface area contributed by atoms with Crippen molar-refractivity contribution in [1.29, 1.82) is 0 Å². The summed E-state index contributed by atoms with van der Waals surface area (Å²) in [5.41, 5.74) is 1.00. The Bertz CT molecular complexity index is 469. The summed E-state index contributed by atoms with van der Waals surface area (Å²) in [7, 11) is 0. The van der Waals surface area contributed by atoms with Crippen molar-refractivity contribution in [2.75, 3.05) is 45.9 Å². The van der Waals surface area contributed by atoms with Crippen LogP contribution in [0.25, 0.3) is 0 Å². The molecule has 1 aromatic rings. The predicted molar refractivity (Wildman–Crippen MR) is 91.7 cm³/mol. The Hall–Kier alpha value is -1.63. The van der Waals surface area contributed by atoms with Crippen molar-refractivity contribution >= 4 is 6.09 Å². The Kier molecular flexibility index (Phi) is 8.01. The van der Waals surface area contributed by atoms with Gasteiger partial charge < -0.3 is 19.1 Å². The molecular formula is C18H28N2O4. The van der Waals surface area contributed by atoms with E-state index in [4.69, 9.17) is 14.2 Å². The van der Waals surface area contributed by atoms with Crippen LogP contribution in [0.5, 0.6) is 0 Å². The molecule has 6 heteroatoms. The summed E-state index contributed by atoms with van der Waals surface area (Å²) in [6.45, 7) is 9.18. The van der Waals surface area contributed by atoms with E-state index in [1.165, 1.54) is 0 Å². The molecule has 0 N–H and O–H groups in total. The minimum atomic E-state index is -0.246. The van der Waals surface area contributed by atoms with Crippen LogP contribution in [0.2, 0.25) is 0 Å². The van der Waals surface area contributed by atoms with E-state index in [2.05, 4.69) is 4.90 Å². The maximum absolute atomic E-state index is 12.1. The molecule has 1 aliphatic rings. The van der Waals surface area contributed by atoms with Crippen LogP contribution in [-0.4, -0.2) is 68.1 Å². The van der Waals surface area contributed by atoms with Gasteiger partial charge in [0.1, 0.15) is 6.61 Å². The molecule has 0 spiro atoms. The van der Waals surface area contributed by atoms with Crippen molar-refractivity contribution < 1.29 is 19.0 Å². The highest BCUT2D eigenvalue weighted by Gasteiger charge is 2.24. The monoisotopic (exact) mass is 336 g/mol. The fraction of sp³-hybridized carbons (Fsp3) is 0.611. The van der Waals surface area contributed by atoms with Crippen molar-refractivity contribution in [2.45, 2.75) is 26.7 Å². The molecule has 0 radical (unpaired) electrons. The zero-order valence-electron chi connectivity index (χ0n) is 14.6. The number of rotatable bonds is 8. The van der Waals surface area contributed by atoms with Crippen LogP contribution in [0, 0.1) is 0 Å². The lowest BCUT2D eigenvalue weighted by molar-refractivity contribution is -0.149. The third-order valence-electron chi connectivity index (χ3n) is 3.95. The van der Waals surface area contributed by atoms with Gasteiger partial charge in [0.2, 0.25) is 0 Å². The molecule has 24 heavy (non-hydrogen) atoms. The highest BCUT2D eigenvalue weighted by atomic mass is 16.7. The van der Waals surface area contributed by atoms with Gasteiger partial charge in [-0.3, -0.25) is 4.90 Å². The largest absolute Gasteiger partial charge is 0.445 e. The van der Waals surface area contributed by atoms with Gasteiger partial charge in [0.15, 0.2) is 6.29 Å². The van der Waals surface area contributed by atoms with Gasteiger partial charge >= 0.3 is 6.09 Å². The average Bonchev–Trinajstić information content (AvgIpc) is 2.62. The van der Waals surface area contributed by atoms with Crippen LogP contribution in [0.3, 0.4) is 0 Å². The first-order chi connectivity index (χ1) is 11.7. The number of benzene rings is 1.